The minimum atomic E-state index is 0.0642. The number of amides is 1. The second kappa shape index (κ2) is 6.35. The molecule has 2 rings (SSSR count). The molecule has 0 unspecified atom stereocenters. The van der Waals surface area contributed by atoms with Gasteiger partial charge in [0.05, 0.1) is 0 Å². The second-order valence-corrected chi connectivity index (χ2v) is 5.36. The summed E-state index contributed by atoms with van der Waals surface area (Å²) in [7, 11) is 2.09. The highest BCUT2D eigenvalue weighted by atomic mass is 35.5. The van der Waals surface area contributed by atoms with Gasteiger partial charge in [-0.3, -0.25) is 4.79 Å². The van der Waals surface area contributed by atoms with Crippen LogP contribution in [0.2, 0.25) is 5.15 Å². The third kappa shape index (κ3) is 3.67. The molecule has 1 saturated heterocycles. The third-order valence-corrected chi connectivity index (χ3v) is 3.66. The van der Waals surface area contributed by atoms with Crippen LogP contribution in [0, 0.1) is 0 Å². The van der Waals surface area contributed by atoms with Crippen molar-refractivity contribution in [3.05, 3.63) is 28.5 Å². The van der Waals surface area contributed by atoms with Crippen LogP contribution in [0.1, 0.15) is 29.4 Å². The minimum absolute atomic E-state index is 0.0642. The molecule has 1 aromatic rings. The molecule has 1 aromatic heterocycles. The zero-order valence-electron chi connectivity index (χ0n) is 11.5. The number of likely N-dealkylation sites (N-methyl/N-ethyl adjacent to an activating group) is 1. The van der Waals surface area contributed by atoms with Crippen molar-refractivity contribution in [3.8, 4) is 0 Å². The van der Waals surface area contributed by atoms with E-state index in [2.05, 4.69) is 16.9 Å². The van der Waals surface area contributed by atoms with Crippen molar-refractivity contribution < 1.29 is 4.79 Å². The molecule has 0 aromatic carbocycles. The maximum absolute atomic E-state index is 12.5. The Morgan fingerprint density at radius 1 is 1.32 bits per heavy atom. The topological polar surface area (TPSA) is 36.4 Å². The number of hydrogen-bond donors (Lipinski definition) is 0. The highest BCUT2D eigenvalue weighted by Crippen LogP contribution is 2.15. The Hall–Kier alpha value is -1.13. The molecule has 1 amide bonds. The Balaban J connectivity index is 2.16. The Bertz CT molecular complexity index is 464. The SMILES string of the molecule is CCc1cc(C(=O)N2CCCN(C)CC2)cc(Cl)n1. The summed E-state index contributed by atoms with van der Waals surface area (Å²) in [6.45, 7) is 5.56. The number of pyridine rings is 1. The number of aryl methyl sites for hydroxylation is 1. The van der Waals surface area contributed by atoms with E-state index >= 15 is 0 Å². The summed E-state index contributed by atoms with van der Waals surface area (Å²) in [5, 5.41) is 0.398. The predicted octanol–water partition coefficient (Wildman–Crippen LogP) is 2.08. The summed E-state index contributed by atoms with van der Waals surface area (Å²) in [5.74, 6) is 0.0642. The van der Waals surface area contributed by atoms with Gasteiger partial charge in [-0.1, -0.05) is 18.5 Å². The van der Waals surface area contributed by atoms with Crippen LogP contribution in [0.5, 0.6) is 0 Å². The molecule has 19 heavy (non-hydrogen) atoms. The molecular weight excluding hydrogens is 262 g/mol. The fourth-order valence-corrected chi connectivity index (χ4v) is 2.51. The molecule has 0 saturated carbocycles. The summed E-state index contributed by atoms with van der Waals surface area (Å²) < 4.78 is 0. The lowest BCUT2D eigenvalue weighted by Crippen LogP contribution is -2.34. The molecule has 2 heterocycles. The third-order valence-electron chi connectivity index (χ3n) is 3.46. The molecular formula is C14H20ClN3O. The molecule has 5 heteroatoms. The zero-order chi connectivity index (χ0) is 13.8. The van der Waals surface area contributed by atoms with Gasteiger partial charge >= 0.3 is 0 Å². The first kappa shape index (κ1) is 14.3. The van der Waals surface area contributed by atoms with Crippen LogP contribution in [-0.2, 0) is 6.42 Å². The van der Waals surface area contributed by atoms with E-state index in [4.69, 9.17) is 11.6 Å². The van der Waals surface area contributed by atoms with Crippen molar-refractivity contribution >= 4 is 17.5 Å². The fraction of sp³-hybridized carbons (Fsp3) is 0.571. The second-order valence-electron chi connectivity index (χ2n) is 4.97. The van der Waals surface area contributed by atoms with Gasteiger partial charge in [-0.2, -0.15) is 0 Å². The summed E-state index contributed by atoms with van der Waals surface area (Å²) in [4.78, 5) is 20.9. The first-order valence-corrected chi connectivity index (χ1v) is 7.12. The van der Waals surface area contributed by atoms with E-state index in [1.54, 1.807) is 6.07 Å². The van der Waals surface area contributed by atoms with Gasteiger partial charge in [-0.15, -0.1) is 0 Å². The number of carbonyl (C=O) groups excluding carboxylic acids is 1. The summed E-state index contributed by atoms with van der Waals surface area (Å²) >= 11 is 5.98. The van der Waals surface area contributed by atoms with Crippen molar-refractivity contribution in [1.82, 2.24) is 14.8 Å². The van der Waals surface area contributed by atoms with Crippen LogP contribution in [0.25, 0.3) is 0 Å². The van der Waals surface area contributed by atoms with Crippen LogP contribution in [-0.4, -0.2) is 53.9 Å². The Labute approximate surface area is 119 Å². The van der Waals surface area contributed by atoms with Crippen LogP contribution in [0.15, 0.2) is 12.1 Å². The van der Waals surface area contributed by atoms with E-state index in [1.165, 1.54) is 0 Å². The summed E-state index contributed by atoms with van der Waals surface area (Å²) in [6.07, 6.45) is 1.80. The molecule has 4 nitrogen and oxygen atoms in total. The molecule has 0 spiro atoms. The minimum Gasteiger partial charge on any atom is -0.337 e. The molecule has 1 aliphatic heterocycles. The molecule has 0 atom stereocenters. The van der Waals surface area contributed by atoms with Gasteiger partial charge in [0.1, 0.15) is 5.15 Å². The van der Waals surface area contributed by atoms with E-state index in [1.807, 2.05) is 17.9 Å². The van der Waals surface area contributed by atoms with Gasteiger partial charge in [0.2, 0.25) is 0 Å². The molecule has 1 fully saturated rings. The quantitative estimate of drug-likeness (QED) is 0.779. The zero-order valence-corrected chi connectivity index (χ0v) is 12.3. The predicted molar refractivity (Wildman–Crippen MR) is 76.6 cm³/mol. The largest absolute Gasteiger partial charge is 0.337 e. The maximum Gasteiger partial charge on any atom is 0.254 e. The number of rotatable bonds is 2. The molecule has 104 valence electrons. The van der Waals surface area contributed by atoms with Crippen LogP contribution < -0.4 is 0 Å². The van der Waals surface area contributed by atoms with Gasteiger partial charge in [-0.05, 0) is 38.6 Å². The lowest BCUT2D eigenvalue weighted by Gasteiger charge is -2.20. The highest BCUT2D eigenvalue weighted by Gasteiger charge is 2.19. The molecule has 0 aliphatic carbocycles. The standard InChI is InChI=1S/C14H20ClN3O/c1-3-12-9-11(10-13(15)16-12)14(19)18-6-4-5-17(2)7-8-18/h9-10H,3-8H2,1-2H3. The van der Waals surface area contributed by atoms with Gasteiger partial charge in [0, 0.05) is 30.9 Å². The molecule has 0 bridgehead atoms. The van der Waals surface area contributed by atoms with Crippen molar-refractivity contribution in [2.24, 2.45) is 0 Å². The lowest BCUT2D eigenvalue weighted by molar-refractivity contribution is 0.0762. The number of aromatic nitrogens is 1. The number of carbonyl (C=O) groups is 1. The molecule has 1 aliphatic rings. The molecule has 0 N–H and O–H groups in total. The average molecular weight is 282 g/mol. The van der Waals surface area contributed by atoms with E-state index < -0.39 is 0 Å². The van der Waals surface area contributed by atoms with E-state index in [9.17, 15) is 4.79 Å². The van der Waals surface area contributed by atoms with Gasteiger partial charge in [0.25, 0.3) is 5.91 Å². The lowest BCUT2D eigenvalue weighted by atomic mass is 10.1. The van der Waals surface area contributed by atoms with Gasteiger partial charge in [-0.25, -0.2) is 4.98 Å². The highest BCUT2D eigenvalue weighted by molar-refractivity contribution is 6.29. The smallest absolute Gasteiger partial charge is 0.254 e. The monoisotopic (exact) mass is 281 g/mol. The maximum atomic E-state index is 12.5. The van der Waals surface area contributed by atoms with Gasteiger partial charge < -0.3 is 9.80 Å². The first-order chi connectivity index (χ1) is 9.10. The van der Waals surface area contributed by atoms with Crippen molar-refractivity contribution in [2.45, 2.75) is 19.8 Å². The van der Waals surface area contributed by atoms with E-state index in [-0.39, 0.29) is 5.91 Å². The van der Waals surface area contributed by atoms with Crippen LogP contribution >= 0.6 is 11.6 Å². The number of nitrogens with zero attached hydrogens (tertiary/aromatic N) is 3. The average Bonchev–Trinajstić information content (AvgIpc) is 2.62. The number of hydrogen-bond acceptors (Lipinski definition) is 3. The first-order valence-electron chi connectivity index (χ1n) is 6.74. The summed E-state index contributed by atoms with van der Waals surface area (Å²) in [5.41, 5.74) is 1.52. The van der Waals surface area contributed by atoms with Crippen LogP contribution in [0.3, 0.4) is 0 Å². The van der Waals surface area contributed by atoms with E-state index in [0.717, 1.165) is 44.7 Å². The number of halogens is 1. The van der Waals surface area contributed by atoms with Crippen LogP contribution in [0.4, 0.5) is 0 Å². The Kier molecular flexibility index (Phi) is 4.77. The van der Waals surface area contributed by atoms with Crippen molar-refractivity contribution in [3.63, 3.8) is 0 Å². The summed E-state index contributed by atoms with van der Waals surface area (Å²) in [6, 6.07) is 3.51. The van der Waals surface area contributed by atoms with Crippen molar-refractivity contribution in [1.29, 1.82) is 0 Å². The molecule has 0 radical (unpaired) electrons. The fourth-order valence-electron chi connectivity index (χ4n) is 2.29. The van der Waals surface area contributed by atoms with Crippen molar-refractivity contribution in [2.75, 3.05) is 33.2 Å². The Morgan fingerprint density at radius 3 is 2.84 bits per heavy atom. The normalized spacial score (nSPS) is 17.3. The van der Waals surface area contributed by atoms with E-state index in [0.29, 0.717) is 10.7 Å². The Morgan fingerprint density at radius 2 is 2.11 bits per heavy atom. The van der Waals surface area contributed by atoms with Gasteiger partial charge in [0.15, 0.2) is 0 Å².